The number of hydrogen-bond donors (Lipinski definition) is 1. The molecule has 90 valence electrons. The van der Waals surface area contributed by atoms with Crippen molar-refractivity contribution in [3.63, 3.8) is 0 Å². The van der Waals surface area contributed by atoms with E-state index >= 15 is 0 Å². The van der Waals surface area contributed by atoms with Crippen LogP contribution in [0.25, 0.3) is 10.2 Å². The number of carboxylic acids is 1. The Kier molecular flexibility index (Phi) is 3.33. The fourth-order valence-electron chi connectivity index (χ4n) is 1.52. The van der Waals surface area contributed by atoms with Crippen molar-refractivity contribution in [3.8, 4) is 0 Å². The van der Waals surface area contributed by atoms with Crippen molar-refractivity contribution in [2.45, 2.75) is 18.8 Å². The quantitative estimate of drug-likeness (QED) is 0.915. The number of aliphatic carboxylic acids is 1. The second kappa shape index (κ2) is 4.75. The smallest absolute Gasteiger partial charge is 0.304 e. The summed E-state index contributed by atoms with van der Waals surface area (Å²) in [5, 5.41) is 8.80. The third kappa shape index (κ3) is 2.58. The molecule has 3 nitrogen and oxygen atoms in total. The molecule has 1 N–H and O–H groups in total. The standard InChI is InChI=1S/C11H9F2NO2S/c12-10(13)6(5-9(15)16)11-14-7-3-1-2-4-8(7)17-11/h1-4,6,10H,5H2,(H,15,16). The normalized spacial score (nSPS) is 13.1. The van der Waals surface area contributed by atoms with Gasteiger partial charge in [-0.2, -0.15) is 0 Å². The van der Waals surface area contributed by atoms with Crippen molar-refractivity contribution in [1.82, 2.24) is 4.98 Å². The molecule has 1 heterocycles. The molecular formula is C11H9F2NO2S. The summed E-state index contributed by atoms with van der Waals surface area (Å²) < 4.78 is 26.3. The Hall–Kier alpha value is -1.56. The number of nitrogens with zero attached hydrogens (tertiary/aromatic N) is 1. The number of alkyl halides is 2. The van der Waals surface area contributed by atoms with E-state index in [9.17, 15) is 13.6 Å². The Balaban J connectivity index is 2.38. The van der Waals surface area contributed by atoms with Crippen LogP contribution in [0.15, 0.2) is 24.3 Å². The van der Waals surface area contributed by atoms with Crippen LogP contribution in [-0.4, -0.2) is 22.5 Å². The maximum absolute atomic E-state index is 12.8. The number of aromatic nitrogens is 1. The summed E-state index contributed by atoms with van der Waals surface area (Å²) in [5.74, 6) is -2.57. The van der Waals surface area contributed by atoms with Gasteiger partial charge >= 0.3 is 5.97 Å². The molecule has 1 aromatic carbocycles. The minimum Gasteiger partial charge on any atom is -0.481 e. The molecule has 1 atom stereocenters. The van der Waals surface area contributed by atoms with Crippen LogP contribution < -0.4 is 0 Å². The average molecular weight is 257 g/mol. The average Bonchev–Trinajstić information content (AvgIpc) is 2.68. The van der Waals surface area contributed by atoms with Gasteiger partial charge in [-0.15, -0.1) is 11.3 Å². The van der Waals surface area contributed by atoms with Gasteiger partial charge in [-0.25, -0.2) is 13.8 Å². The van der Waals surface area contributed by atoms with Gasteiger partial charge in [-0.3, -0.25) is 4.79 Å². The van der Waals surface area contributed by atoms with Crippen molar-refractivity contribution >= 4 is 27.5 Å². The van der Waals surface area contributed by atoms with Gasteiger partial charge in [-0.1, -0.05) is 12.1 Å². The first-order chi connectivity index (χ1) is 8.08. The maximum Gasteiger partial charge on any atom is 0.304 e. The molecule has 0 radical (unpaired) electrons. The summed E-state index contributed by atoms with van der Waals surface area (Å²) in [5.41, 5.74) is 0.628. The van der Waals surface area contributed by atoms with E-state index in [4.69, 9.17) is 5.11 Å². The van der Waals surface area contributed by atoms with E-state index in [0.717, 1.165) is 16.0 Å². The number of para-hydroxylation sites is 1. The molecule has 0 amide bonds. The second-order valence-corrected chi connectivity index (χ2v) is 4.62. The lowest BCUT2D eigenvalue weighted by molar-refractivity contribution is -0.138. The molecule has 0 spiro atoms. The zero-order chi connectivity index (χ0) is 12.4. The third-order valence-electron chi connectivity index (χ3n) is 2.33. The zero-order valence-electron chi connectivity index (χ0n) is 8.64. The van der Waals surface area contributed by atoms with E-state index in [2.05, 4.69) is 4.98 Å². The van der Waals surface area contributed by atoms with Gasteiger partial charge in [0, 0.05) is 0 Å². The number of rotatable bonds is 4. The number of benzene rings is 1. The van der Waals surface area contributed by atoms with E-state index in [1.165, 1.54) is 0 Å². The van der Waals surface area contributed by atoms with Crippen molar-refractivity contribution in [3.05, 3.63) is 29.3 Å². The first-order valence-corrected chi connectivity index (χ1v) is 5.75. The highest BCUT2D eigenvalue weighted by Crippen LogP contribution is 2.33. The Morgan fingerprint density at radius 1 is 1.41 bits per heavy atom. The molecule has 2 rings (SSSR count). The van der Waals surface area contributed by atoms with Gasteiger partial charge in [0.1, 0.15) is 5.01 Å². The van der Waals surface area contributed by atoms with Gasteiger partial charge in [0.2, 0.25) is 6.43 Å². The number of hydrogen-bond acceptors (Lipinski definition) is 3. The molecule has 0 aliphatic heterocycles. The second-order valence-electron chi connectivity index (χ2n) is 3.56. The van der Waals surface area contributed by atoms with Crippen molar-refractivity contribution in [2.75, 3.05) is 0 Å². The lowest BCUT2D eigenvalue weighted by Gasteiger charge is -2.09. The van der Waals surface area contributed by atoms with Crippen LogP contribution in [0.1, 0.15) is 17.3 Å². The largest absolute Gasteiger partial charge is 0.481 e. The van der Waals surface area contributed by atoms with E-state index in [-0.39, 0.29) is 5.01 Å². The Morgan fingerprint density at radius 2 is 2.12 bits per heavy atom. The number of thiazole rings is 1. The lowest BCUT2D eigenvalue weighted by Crippen LogP contribution is -2.13. The number of carbonyl (C=O) groups is 1. The topological polar surface area (TPSA) is 50.2 Å². The van der Waals surface area contributed by atoms with Crippen LogP contribution in [0.4, 0.5) is 8.78 Å². The third-order valence-corrected chi connectivity index (χ3v) is 3.49. The molecule has 0 aliphatic rings. The molecule has 0 aliphatic carbocycles. The SMILES string of the molecule is O=C(O)CC(c1nc2ccccc2s1)C(F)F. The zero-order valence-corrected chi connectivity index (χ0v) is 9.45. The van der Waals surface area contributed by atoms with E-state index < -0.39 is 24.7 Å². The first kappa shape index (κ1) is 11.9. The molecule has 1 unspecified atom stereocenters. The molecular weight excluding hydrogens is 248 g/mol. The molecule has 6 heteroatoms. The lowest BCUT2D eigenvalue weighted by atomic mass is 10.1. The van der Waals surface area contributed by atoms with Crippen LogP contribution in [0.2, 0.25) is 0 Å². The van der Waals surface area contributed by atoms with Gasteiger partial charge in [-0.05, 0) is 12.1 Å². The van der Waals surface area contributed by atoms with Gasteiger partial charge < -0.3 is 5.11 Å². The van der Waals surface area contributed by atoms with Gasteiger partial charge in [0.25, 0.3) is 0 Å². The van der Waals surface area contributed by atoms with Gasteiger partial charge in [0.05, 0.1) is 22.6 Å². The van der Waals surface area contributed by atoms with Crippen molar-refractivity contribution in [1.29, 1.82) is 0 Å². The highest BCUT2D eigenvalue weighted by atomic mass is 32.1. The molecule has 1 aromatic heterocycles. The summed E-state index contributed by atoms with van der Waals surface area (Å²) in [7, 11) is 0. The van der Waals surface area contributed by atoms with Crippen LogP contribution >= 0.6 is 11.3 Å². The van der Waals surface area contributed by atoms with E-state index in [0.29, 0.717) is 5.52 Å². The first-order valence-electron chi connectivity index (χ1n) is 4.93. The van der Waals surface area contributed by atoms with Crippen molar-refractivity contribution in [2.24, 2.45) is 0 Å². The maximum atomic E-state index is 12.8. The van der Waals surface area contributed by atoms with Gasteiger partial charge in [0.15, 0.2) is 0 Å². The molecule has 0 bridgehead atoms. The highest BCUT2D eigenvalue weighted by Gasteiger charge is 2.28. The molecule has 2 aromatic rings. The number of halogens is 2. The summed E-state index contributed by atoms with van der Waals surface area (Å²) in [6, 6.07) is 7.05. The van der Waals surface area contributed by atoms with E-state index in [1.807, 2.05) is 0 Å². The van der Waals surface area contributed by atoms with Crippen LogP contribution in [0, 0.1) is 0 Å². The summed E-state index contributed by atoms with van der Waals surface area (Å²) in [6.07, 6.45) is -3.32. The van der Waals surface area contributed by atoms with Crippen molar-refractivity contribution < 1.29 is 18.7 Å². The summed E-state index contributed by atoms with van der Waals surface area (Å²) in [4.78, 5) is 14.6. The highest BCUT2D eigenvalue weighted by molar-refractivity contribution is 7.18. The monoisotopic (exact) mass is 257 g/mol. The molecule has 0 fully saturated rings. The van der Waals surface area contributed by atoms with Crippen LogP contribution in [0.3, 0.4) is 0 Å². The minimum absolute atomic E-state index is 0.184. The Labute approximate surface area is 99.7 Å². The van der Waals surface area contributed by atoms with Crippen LogP contribution in [0.5, 0.6) is 0 Å². The predicted octanol–water partition coefficient (Wildman–Crippen LogP) is 3.12. The summed E-state index contributed by atoms with van der Waals surface area (Å²) >= 11 is 1.12. The Bertz CT molecular complexity index is 508. The van der Waals surface area contributed by atoms with E-state index in [1.54, 1.807) is 24.3 Å². The van der Waals surface area contributed by atoms with Crippen LogP contribution in [-0.2, 0) is 4.79 Å². The summed E-state index contributed by atoms with van der Waals surface area (Å²) in [6.45, 7) is 0. The number of fused-ring (bicyclic) bond motifs is 1. The molecule has 17 heavy (non-hydrogen) atoms. The molecule has 0 saturated carbocycles. The predicted molar refractivity (Wildman–Crippen MR) is 60.6 cm³/mol. The fraction of sp³-hybridized carbons (Fsp3) is 0.273. The Morgan fingerprint density at radius 3 is 2.71 bits per heavy atom. The molecule has 0 saturated heterocycles. The fourth-order valence-corrected chi connectivity index (χ4v) is 2.59. The minimum atomic E-state index is -2.72. The number of carboxylic acid groups (broad SMARTS) is 1.